The Morgan fingerprint density at radius 3 is 2.68 bits per heavy atom. The Labute approximate surface area is 162 Å². The number of amides is 1. The molecule has 0 spiro atoms. The van der Waals surface area contributed by atoms with Crippen molar-refractivity contribution in [2.45, 2.75) is 33.2 Å². The second-order valence-electron chi connectivity index (χ2n) is 7.52. The molecule has 0 aliphatic rings. The van der Waals surface area contributed by atoms with Gasteiger partial charge in [0.05, 0.1) is 23.5 Å². The monoisotopic (exact) mass is 378 g/mol. The van der Waals surface area contributed by atoms with E-state index in [1.165, 1.54) is 12.1 Å². The number of nitrogens with zero attached hydrogens (tertiary/aromatic N) is 1. The molecule has 0 aliphatic heterocycles. The number of carbonyl (C=O) groups is 1. The largest absolute Gasteiger partial charge is 0.358 e. The van der Waals surface area contributed by atoms with Crippen LogP contribution in [0.25, 0.3) is 21.9 Å². The summed E-state index contributed by atoms with van der Waals surface area (Å²) in [5, 5.41) is 3.85. The van der Waals surface area contributed by atoms with Crippen molar-refractivity contribution < 1.29 is 9.18 Å². The standard InChI is InChI=1S/C22H23FN4O/c1-12(2)21(22-25-18-6-4-5-7-19(18)26-22)27-20(28)11-15-13(3)24-17-9-8-14(23)10-16(15)17/h4-10,12,21,24H,11H2,1-3H3,(H,25,26)(H,27,28)/t21-/m0/s1. The van der Waals surface area contributed by atoms with Crippen LogP contribution in [0.2, 0.25) is 0 Å². The third-order valence-electron chi connectivity index (χ3n) is 5.10. The molecule has 0 fully saturated rings. The third kappa shape index (κ3) is 3.38. The molecule has 144 valence electrons. The lowest BCUT2D eigenvalue weighted by molar-refractivity contribution is -0.121. The van der Waals surface area contributed by atoms with Gasteiger partial charge >= 0.3 is 0 Å². The molecule has 0 aliphatic carbocycles. The van der Waals surface area contributed by atoms with Crippen LogP contribution in [0.3, 0.4) is 0 Å². The lowest BCUT2D eigenvalue weighted by Gasteiger charge is -2.20. The smallest absolute Gasteiger partial charge is 0.225 e. The molecule has 0 unspecified atom stereocenters. The van der Waals surface area contributed by atoms with E-state index in [0.29, 0.717) is 0 Å². The predicted molar refractivity (Wildman–Crippen MR) is 109 cm³/mol. The van der Waals surface area contributed by atoms with Crippen LogP contribution in [-0.2, 0) is 11.2 Å². The molecule has 2 heterocycles. The molecule has 2 aromatic carbocycles. The van der Waals surface area contributed by atoms with Gasteiger partial charge in [-0.05, 0) is 48.7 Å². The number of halogens is 1. The first-order valence-corrected chi connectivity index (χ1v) is 9.43. The molecule has 2 aromatic heterocycles. The molecule has 1 atom stereocenters. The summed E-state index contributed by atoms with van der Waals surface area (Å²) in [5.41, 5.74) is 4.35. The second-order valence-corrected chi connectivity index (χ2v) is 7.52. The Bertz CT molecular complexity index is 1120. The molecule has 4 aromatic rings. The number of rotatable bonds is 5. The molecule has 3 N–H and O–H groups in total. The highest BCUT2D eigenvalue weighted by atomic mass is 19.1. The van der Waals surface area contributed by atoms with Crippen LogP contribution in [-0.4, -0.2) is 20.9 Å². The van der Waals surface area contributed by atoms with Gasteiger partial charge < -0.3 is 15.3 Å². The lowest BCUT2D eigenvalue weighted by atomic mass is 10.0. The van der Waals surface area contributed by atoms with Gasteiger partial charge in [-0.25, -0.2) is 9.37 Å². The summed E-state index contributed by atoms with van der Waals surface area (Å²) in [6.45, 7) is 5.99. The van der Waals surface area contributed by atoms with Crippen LogP contribution in [0.1, 0.15) is 37.0 Å². The molecule has 4 rings (SSSR count). The van der Waals surface area contributed by atoms with Gasteiger partial charge in [0.15, 0.2) is 0 Å². The summed E-state index contributed by atoms with van der Waals surface area (Å²) in [5.74, 6) is 0.472. The van der Waals surface area contributed by atoms with E-state index in [4.69, 9.17) is 0 Å². The number of para-hydroxylation sites is 2. The number of aromatic amines is 2. The number of benzene rings is 2. The first-order valence-electron chi connectivity index (χ1n) is 9.43. The molecular weight excluding hydrogens is 355 g/mol. The van der Waals surface area contributed by atoms with Gasteiger partial charge in [-0.15, -0.1) is 0 Å². The Kier molecular flexibility index (Phi) is 4.63. The minimum atomic E-state index is -0.310. The summed E-state index contributed by atoms with van der Waals surface area (Å²) >= 11 is 0. The summed E-state index contributed by atoms with van der Waals surface area (Å²) < 4.78 is 13.7. The van der Waals surface area contributed by atoms with E-state index in [0.717, 1.165) is 39.0 Å². The molecular formula is C22H23FN4O. The maximum atomic E-state index is 13.7. The number of carbonyl (C=O) groups excluding carboxylic acids is 1. The number of aryl methyl sites for hydroxylation is 1. The molecule has 6 heteroatoms. The van der Waals surface area contributed by atoms with Crippen molar-refractivity contribution in [3.8, 4) is 0 Å². The average Bonchev–Trinajstić information content (AvgIpc) is 3.21. The Hall–Kier alpha value is -3.15. The summed E-state index contributed by atoms with van der Waals surface area (Å²) in [7, 11) is 0. The Morgan fingerprint density at radius 1 is 1.14 bits per heavy atom. The summed E-state index contributed by atoms with van der Waals surface area (Å²) in [6.07, 6.45) is 0.179. The van der Waals surface area contributed by atoms with Gasteiger partial charge in [0.2, 0.25) is 5.91 Å². The maximum absolute atomic E-state index is 13.7. The van der Waals surface area contributed by atoms with E-state index >= 15 is 0 Å². The molecule has 0 saturated heterocycles. The van der Waals surface area contributed by atoms with Gasteiger partial charge in [0, 0.05) is 16.6 Å². The van der Waals surface area contributed by atoms with Crippen molar-refractivity contribution in [3.63, 3.8) is 0 Å². The van der Waals surface area contributed by atoms with Crippen LogP contribution < -0.4 is 5.32 Å². The quantitative estimate of drug-likeness (QED) is 0.477. The summed E-state index contributed by atoms with van der Waals surface area (Å²) in [4.78, 5) is 24.0. The fourth-order valence-electron chi connectivity index (χ4n) is 3.64. The van der Waals surface area contributed by atoms with Crippen molar-refractivity contribution in [1.29, 1.82) is 0 Å². The van der Waals surface area contributed by atoms with Gasteiger partial charge in [0.1, 0.15) is 11.6 Å². The zero-order valence-corrected chi connectivity index (χ0v) is 16.1. The normalized spacial score (nSPS) is 12.8. The number of hydrogen-bond donors (Lipinski definition) is 3. The highest BCUT2D eigenvalue weighted by Gasteiger charge is 2.23. The van der Waals surface area contributed by atoms with Crippen LogP contribution >= 0.6 is 0 Å². The molecule has 5 nitrogen and oxygen atoms in total. The van der Waals surface area contributed by atoms with E-state index in [9.17, 15) is 9.18 Å². The maximum Gasteiger partial charge on any atom is 0.225 e. The third-order valence-corrected chi connectivity index (χ3v) is 5.10. The van der Waals surface area contributed by atoms with Crippen molar-refractivity contribution >= 4 is 27.8 Å². The lowest BCUT2D eigenvalue weighted by Crippen LogP contribution is -2.33. The van der Waals surface area contributed by atoms with Gasteiger partial charge in [0.25, 0.3) is 0 Å². The van der Waals surface area contributed by atoms with E-state index in [2.05, 4.69) is 20.3 Å². The number of nitrogens with one attached hydrogen (secondary N) is 3. The highest BCUT2D eigenvalue weighted by Crippen LogP contribution is 2.25. The zero-order chi connectivity index (χ0) is 19.8. The number of imidazole rings is 1. The molecule has 0 bridgehead atoms. The predicted octanol–water partition coefficient (Wildman–Crippen LogP) is 4.55. The number of aromatic nitrogens is 3. The van der Waals surface area contributed by atoms with Gasteiger partial charge in [-0.2, -0.15) is 0 Å². The van der Waals surface area contributed by atoms with Crippen molar-refractivity contribution in [3.05, 3.63) is 65.4 Å². The van der Waals surface area contributed by atoms with Crippen molar-refractivity contribution in [2.75, 3.05) is 0 Å². The van der Waals surface area contributed by atoms with Gasteiger partial charge in [-0.1, -0.05) is 26.0 Å². The topological polar surface area (TPSA) is 73.6 Å². The number of fused-ring (bicyclic) bond motifs is 2. The zero-order valence-electron chi connectivity index (χ0n) is 16.1. The van der Waals surface area contributed by atoms with E-state index in [-0.39, 0.29) is 30.1 Å². The van der Waals surface area contributed by atoms with E-state index in [1.807, 2.05) is 45.0 Å². The van der Waals surface area contributed by atoms with Crippen LogP contribution in [0.4, 0.5) is 4.39 Å². The highest BCUT2D eigenvalue weighted by molar-refractivity contribution is 5.90. The van der Waals surface area contributed by atoms with Crippen LogP contribution in [0, 0.1) is 18.7 Å². The van der Waals surface area contributed by atoms with E-state index < -0.39 is 0 Å². The first kappa shape index (κ1) is 18.2. The Morgan fingerprint density at radius 2 is 1.93 bits per heavy atom. The van der Waals surface area contributed by atoms with Crippen molar-refractivity contribution in [2.24, 2.45) is 5.92 Å². The van der Waals surface area contributed by atoms with Crippen LogP contribution in [0.5, 0.6) is 0 Å². The fraction of sp³-hybridized carbons (Fsp3) is 0.273. The second kappa shape index (κ2) is 7.11. The Balaban J connectivity index is 1.59. The fourth-order valence-corrected chi connectivity index (χ4v) is 3.64. The minimum absolute atomic E-state index is 0.118. The summed E-state index contributed by atoms with van der Waals surface area (Å²) in [6, 6.07) is 12.2. The molecule has 1 amide bonds. The minimum Gasteiger partial charge on any atom is -0.358 e. The van der Waals surface area contributed by atoms with Crippen molar-refractivity contribution in [1.82, 2.24) is 20.3 Å². The number of hydrogen-bond acceptors (Lipinski definition) is 2. The number of H-pyrrole nitrogens is 2. The van der Waals surface area contributed by atoms with E-state index in [1.54, 1.807) is 6.07 Å². The SMILES string of the molecule is Cc1[nH]c2ccc(F)cc2c1CC(=O)N[C@H](c1nc2ccccc2[nH]1)C(C)C. The molecule has 28 heavy (non-hydrogen) atoms. The first-order chi connectivity index (χ1) is 13.4. The average molecular weight is 378 g/mol. The molecule has 0 radical (unpaired) electrons. The molecule has 0 saturated carbocycles. The van der Waals surface area contributed by atoms with Gasteiger partial charge in [-0.3, -0.25) is 4.79 Å². The van der Waals surface area contributed by atoms with Crippen LogP contribution in [0.15, 0.2) is 42.5 Å².